The Bertz CT molecular complexity index is 627. The molecule has 0 fully saturated rings. The summed E-state index contributed by atoms with van der Waals surface area (Å²) in [6.45, 7) is 2.76. The summed E-state index contributed by atoms with van der Waals surface area (Å²) in [5.74, 6) is -0.806. The highest BCUT2D eigenvalue weighted by Gasteiger charge is 2.34. The predicted octanol–water partition coefficient (Wildman–Crippen LogP) is 2.82. The number of rotatable bonds is 5. The minimum Gasteiger partial charge on any atom is -0.326 e. The van der Waals surface area contributed by atoms with Gasteiger partial charge in [-0.05, 0) is 24.6 Å². The van der Waals surface area contributed by atoms with Crippen molar-refractivity contribution in [1.29, 1.82) is 0 Å². The minimum absolute atomic E-state index is 0.0618. The van der Waals surface area contributed by atoms with Crippen LogP contribution in [0.4, 0.5) is 24.5 Å². The molecule has 0 saturated heterocycles. The number of halogens is 3. The van der Waals surface area contributed by atoms with E-state index in [4.69, 9.17) is 0 Å². The van der Waals surface area contributed by atoms with E-state index in [1.54, 1.807) is 6.92 Å². The molecular formula is C12H15F3N2O3S. The lowest BCUT2D eigenvalue weighted by Crippen LogP contribution is -2.19. The highest BCUT2D eigenvalue weighted by atomic mass is 32.2. The second-order valence-corrected chi connectivity index (χ2v) is 6.20. The Balaban J connectivity index is 3.23. The summed E-state index contributed by atoms with van der Waals surface area (Å²) in [5.41, 5.74) is -1.79. The van der Waals surface area contributed by atoms with Crippen molar-refractivity contribution in [2.75, 3.05) is 15.8 Å². The van der Waals surface area contributed by atoms with Crippen molar-refractivity contribution in [3.8, 4) is 0 Å². The first-order valence-electron chi connectivity index (χ1n) is 6.04. The van der Waals surface area contributed by atoms with E-state index in [1.165, 1.54) is 6.07 Å². The Morgan fingerprint density at radius 3 is 2.38 bits per heavy atom. The van der Waals surface area contributed by atoms with Gasteiger partial charge < -0.3 is 5.32 Å². The number of alkyl halides is 3. The smallest absolute Gasteiger partial charge is 0.326 e. The molecule has 5 nitrogen and oxygen atoms in total. The zero-order valence-electron chi connectivity index (χ0n) is 11.4. The molecule has 1 rings (SSSR count). The zero-order chi connectivity index (χ0) is 16.3. The molecule has 0 aliphatic heterocycles. The van der Waals surface area contributed by atoms with E-state index >= 15 is 0 Å². The van der Waals surface area contributed by atoms with Crippen LogP contribution in [0.1, 0.15) is 25.8 Å². The Labute approximate surface area is 120 Å². The van der Waals surface area contributed by atoms with E-state index in [-0.39, 0.29) is 17.9 Å². The predicted molar refractivity (Wildman–Crippen MR) is 73.4 cm³/mol. The Hall–Kier alpha value is -1.77. The monoisotopic (exact) mass is 324 g/mol. The average molecular weight is 324 g/mol. The lowest BCUT2D eigenvalue weighted by atomic mass is 10.1. The molecule has 2 N–H and O–H groups in total. The molecule has 0 aliphatic rings. The Kier molecular flexibility index (Phi) is 5.21. The second-order valence-electron chi connectivity index (χ2n) is 4.36. The van der Waals surface area contributed by atoms with E-state index in [0.717, 1.165) is 13.0 Å². The van der Waals surface area contributed by atoms with Crippen LogP contribution in [0.2, 0.25) is 0 Å². The number of amides is 1. The van der Waals surface area contributed by atoms with Gasteiger partial charge >= 0.3 is 6.18 Å². The molecule has 0 aliphatic carbocycles. The third-order valence-electron chi connectivity index (χ3n) is 2.38. The van der Waals surface area contributed by atoms with Gasteiger partial charge in [0.15, 0.2) is 0 Å². The SMILES string of the molecule is CCCS(=O)(=O)Nc1ccc(NC(C)=O)cc1C(F)(F)F. The maximum absolute atomic E-state index is 13.0. The molecule has 1 aromatic carbocycles. The van der Waals surface area contributed by atoms with Crippen molar-refractivity contribution in [3.63, 3.8) is 0 Å². The van der Waals surface area contributed by atoms with E-state index < -0.39 is 33.4 Å². The van der Waals surface area contributed by atoms with Gasteiger partial charge in [-0.25, -0.2) is 8.42 Å². The highest BCUT2D eigenvalue weighted by Crippen LogP contribution is 2.37. The first-order chi connectivity index (χ1) is 9.55. The van der Waals surface area contributed by atoms with Crippen LogP contribution in [-0.2, 0) is 21.0 Å². The molecule has 0 bridgehead atoms. The van der Waals surface area contributed by atoms with Crippen molar-refractivity contribution in [1.82, 2.24) is 0 Å². The standard InChI is InChI=1S/C12H15F3N2O3S/c1-3-6-21(19,20)17-11-5-4-9(16-8(2)18)7-10(11)12(13,14)15/h4-5,7,17H,3,6H2,1-2H3,(H,16,18). The van der Waals surface area contributed by atoms with Gasteiger partial charge in [-0.15, -0.1) is 0 Å². The molecule has 0 saturated carbocycles. The van der Waals surface area contributed by atoms with Crippen molar-refractivity contribution < 1.29 is 26.4 Å². The molecule has 1 aromatic rings. The molecule has 0 heterocycles. The van der Waals surface area contributed by atoms with Crippen LogP contribution in [0.3, 0.4) is 0 Å². The van der Waals surface area contributed by atoms with Crippen LogP contribution in [0.15, 0.2) is 18.2 Å². The van der Waals surface area contributed by atoms with Crippen molar-refractivity contribution in [2.45, 2.75) is 26.4 Å². The second kappa shape index (κ2) is 6.33. The third kappa shape index (κ3) is 5.25. The van der Waals surface area contributed by atoms with Crippen LogP contribution < -0.4 is 10.0 Å². The van der Waals surface area contributed by atoms with Gasteiger partial charge in [0, 0.05) is 12.6 Å². The number of anilines is 2. The van der Waals surface area contributed by atoms with Crippen LogP contribution in [-0.4, -0.2) is 20.1 Å². The lowest BCUT2D eigenvalue weighted by molar-refractivity contribution is -0.136. The highest BCUT2D eigenvalue weighted by molar-refractivity contribution is 7.92. The Morgan fingerprint density at radius 1 is 1.29 bits per heavy atom. The maximum Gasteiger partial charge on any atom is 0.418 e. The summed E-state index contributed by atoms with van der Waals surface area (Å²) in [6, 6.07) is 2.85. The molecule has 21 heavy (non-hydrogen) atoms. The first-order valence-corrected chi connectivity index (χ1v) is 7.69. The fraction of sp³-hybridized carbons (Fsp3) is 0.417. The van der Waals surface area contributed by atoms with Gasteiger partial charge in [-0.1, -0.05) is 6.92 Å². The molecule has 0 aromatic heterocycles. The Morgan fingerprint density at radius 2 is 1.90 bits per heavy atom. The number of hydrogen-bond acceptors (Lipinski definition) is 3. The van der Waals surface area contributed by atoms with E-state index in [2.05, 4.69) is 5.32 Å². The molecule has 9 heteroatoms. The molecule has 0 unspecified atom stereocenters. The first kappa shape index (κ1) is 17.3. The molecule has 118 valence electrons. The number of carbonyl (C=O) groups is 1. The largest absolute Gasteiger partial charge is 0.418 e. The topological polar surface area (TPSA) is 75.3 Å². The summed E-state index contributed by atoms with van der Waals surface area (Å²) >= 11 is 0. The summed E-state index contributed by atoms with van der Waals surface area (Å²) < 4.78 is 64.0. The van der Waals surface area contributed by atoms with Gasteiger partial charge in [-0.3, -0.25) is 9.52 Å². The zero-order valence-corrected chi connectivity index (χ0v) is 12.2. The summed E-state index contributed by atoms with van der Waals surface area (Å²) in [7, 11) is -3.84. The van der Waals surface area contributed by atoms with Gasteiger partial charge in [0.25, 0.3) is 0 Å². The van der Waals surface area contributed by atoms with Gasteiger partial charge in [0.2, 0.25) is 15.9 Å². The molecule has 0 radical (unpaired) electrons. The summed E-state index contributed by atoms with van der Waals surface area (Å²) in [6.07, 6.45) is -4.47. The van der Waals surface area contributed by atoms with Gasteiger partial charge in [0.05, 0.1) is 17.0 Å². The van der Waals surface area contributed by atoms with E-state index in [9.17, 15) is 26.4 Å². The summed E-state index contributed by atoms with van der Waals surface area (Å²) in [4.78, 5) is 10.9. The van der Waals surface area contributed by atoms with E-state index in [0.29, 0.717) is 6.07 Å². The van der Waals surface area contributed by atoms with Crippen LogP contribution in [0.5, 0.6) is 0 Å². The van der Waals surface area contributed by atoms with E-state index in [1.807, 2.05) is 4.72 Å². The molecule has 0 atom stereocenters. The van der Waals surface area contributed by atoms with Crippen molar-refractivity contribution >= 4 is 27.3 Å². The fourth-order valence-corrected chi connectivity index (χ4v) is 2.79. The van der Waals surface area contributed by atoms with Gasteiger partial charge in [-0.2, -0.15) is 13.2 Å². The van der Waals surface area contributed by atoms with Crippen LogP contribution in [0, 0.1) is 0 Å². The molecule has 1 amide bonds. The van der Waals surface area contributed by atoms with Crippen molar-refractivity contribution in [3.05, 3.63) is 23.8 Å². The lowest BCUT2D eigenvalue weighted by Gasteiger charge is -2.16. The average Bonchev–Trinajstić information content (AvgIpc) is 2.28. The fourth-order valence-electron chi connectivity index (χ4n) is 1.64. The molecular weight excluding hydrogens is 309 g/mol. The third-order valence-corrected chi connectivity index (χ3v) is 3.86. The van der Waals surface area contributed by atoms with Crippen LogP contribution in [0.25, 0.3) is 0 Å². The normalized spacial score (nSPS) is 12.0. The minimum atomic E-state index is -4.75. The van der Waals surface area contributed by atoms with Crippen LogP contribution >= 0.6 is 0 Å². The number of hydrogen-bond donors (Lipinski definition) is 2. The number of sulfonamides is 1. The summed E-state index contributed by atoms with van der Waals surface area (Å²) in [5, 5.41) is 2.22. The number of carbonyl (C=O) groups excluding carboxylic acids is 1. The number of nitrogens with one attached hydrogen (secondary N) is 2. The molecule has 0 spiro atoms. The van der Waals surface area contributed by atoms with Gasteiger partial charge in [0.1, 0.15) is 0 Å². The number of benzene rings is 1. The maximum atomic E-state index is 13.0. The van der Waals surface area contributed by atoms with Crippen molar-refractivity contribution in [2.24, 2.45) is 0 Å². The quantitative estimate of drug-likeness (QED) is 0.874.